The number of hydrogen-bond acceptors (Lipinski definition) is 3. The van der Waals surface area contributed by atoms with E-state index in [4.69, 9.17) is 5.11 Å². The molecule has 0 aromatic rings. The monoisotopic (exact) mass is 232 g/mol. The molecule has 0 saturated heterocycles. The van der Waals surface area contributed by atoms with Crippen LogP contribution in [0.1, 0.15) is 13.3 Å². The number of halogens is 2. The van der Waals surface area contributed by atoms with Crippen molar-refractivity contribution in [3.05, 3.63) is 0 Å². The highest BCUT2D eigenvalue weighted by atomic mass is 32.2. The Morgan fingerprint density at radius 1 is 1.36 bits per heavy atom. The molecule has 0 bridgehead atoms. The third kappa shape index (κ3) is 6.19. The molecule has 0 saturated carbocycles. The molecular weight excluding hydrogens is 218 g/mol. The average Bonchev–Trinajstić information content (AvgIpc) is 2.11. The zero-order chi connectivity index (χ0) is 11.2. The Bertz CT molecular complexity index is 245. The number of rotatable bonds is 7. The topological polar surface area (TPSA) is 78.4 Å². The summed E-state index contributed by atoms with van der Waals surface area (Å²) >= 11 is 0. The molecule has 0 amide bonds. The molecule has 0 aliphatic rings. The summed E-state index contributed by atoms with van der Waals surface area (Å²) < 4.78 is 49.3. The average molecular weight is 232 g/mol. The predicted molar refractivity (Wildman–Crippen MR) is 47.2 cm³/mol. The maximum atomic E-state index is 11.8. The molecule has 0 radical (unpaired) electrons. The van der Waals surface area contributed by atoms with Crippen molar-refractivity contribution in [3.63, 3.8) is 0 Å². The molecule has 86 valence electrons. The minimum Gasteiger partial charge on any atom is -0.386 e. The first-order chi connectivity index (χ1) is 6.39. The summed E-state index contributed by atoms with van der Waals surface area (Å²) in [6.07, 6.45) is -4.34. The first kappa shape index (κ1) is 13.7. The Hall–Kier alpha value is -0.310. The van der Waals surface area contributed by atoms with Gasteiger partial charge in [0.15, 0.2) is 0 Å². The van der Waals surface area contributed by atoms with E-state index in [1.165, 1.54) is 0 Å². The van der Waals surface area contributed by atoms with E-state index in [0.717, 1.165) is 0 Å². The molecule has 0 aliphatic carbocycles. The van der Waals surface area contributed by atoms with Crippen molar-refractivity contribution < 1.29 is 22.3 Å². The lowest BCUT2D eigenvalue weighted by atomic mass is 10.4. The highest BCUT2D eigenvalue weighted by Crippen LogP contribution is 1.98. The number of aliphatic hydroxyl groups excluding tert-OH is 1. The van der Waals surface area contributed by atoms with Crippen molar-refractivity contribution in [2.24, 2.45) is 0 Å². The SMILES string of the molecule is CCCNS(=O)(=O)NCC(O)C(F)F. The van der Waals surface area contributed by atoms with Crippen molar-refractivity contribution in [1.29, 1.82) is 0 Å². The molecule has 0 aromatic heterocycles. The van der Waals surface area contributed by atoms with Crippen LogP contribution in [0.4, 0.5) is 8.78 Å². The van der Waals surface area contributed by atoms with E-state index >= 15 is 0 Å². The molecule has 0 heterocycles. The standard InChI is InChI=1S/C6H14F2N2O3S/c1-2-3-9-14(12,13)10-4-5(11)6(7)8/h5-6,9-11H,2-4H2,1H3. The number of aliphatic hydroxyl groups is 1. The van der Waals surface area contributed by atoms with Gasteiger partial charge < -0.3 is 5.11 Å². The van der Waals surface area contributed by atoms with Gasteiger partial charge in [0.2, 0.25) is 0 Å². The zero-order valence-electron chi connectivity index (χ0n) is 7.70. The normalized spacial score (nSPS) is 14.6. The van der Waals surface area contributed by atoms with E-state index in [9.17, 15) is 17.2 Å². The zero-order valence-corrected chi connectivity index (χ0v) is 8.52. The third-order valence-electron chi connectivity index (χ3n) is 1.32. The third-order valence-corrected chi connectivity index (χ3v) is 2.45. The maximum Gasteiger partial charge on any atom is 0.277 e. The van der Waals surface area contributed by atoms with Gasteiger partial charge in [0.05, 0.1) is 0 Å². The molecule has 8 heteroatoms. The molecule has 3 N–H and O–H groups in total. The first-order valence-corrected chi connectivity index (χ1v) is 5.58. The summed E-state index contributed by atoms with van der Waals surface area (Å²) in [6.45, 7) is 1.29. The fraction of sp³-hybridized carbons (Fsp3) is 1.00. The van der Waals surface area contributed by atoms with Gasteiger partial charge in [-0.15, -0.1) is 0 Å². The molecule has 14 heavy (non-hydrogen) atoms. The van der Waals surface area contributed by atoms with Gasteiger partial charge in [-0.2, -0.15) is 13.1 Å². The lowest BCUT2D eigenvalue weighted by molar-refractivity contribution is -0.000486. The number of hydrogen-bond donors (Lipinski definition) is 3. The van der Waals surface area contributed by atoms with Crippen LogP contribution >= 0.6 is 0 Å². The second-order valence-electron chi connectivity index (χ2n) is 2.65. The van der Waals surface area contributed by atoms with Crippen molar-refractivity contribution in [3.8, 4) is 0 Å². The molecule has 0 aliphatic heterocycles. The van der Waals surface area contributed by atoms with Crippen LogP contribution < -0.4 is 9.44 Å². The Labute approximate surface area is 81.7 Å². The maximum absolute atomic E-state index is 11.8. The highest BCUT2D eigenvalue weighted by molar-refractivity contribution is 7.87. The summed E-state index contributed by atoms with van der Waals surface area (Å²) in [4.78, 5) is 0. The molecule has 0 spiro atoms. The summed E-state index contributed by atoms with van der Waals surface area (Å²) in [5.41, 5.74) is 0. The Morgan fingerprint density at radius 2 is 1.93 bits per heavy atom. The second-order valence-corrected chi connectivity index (χ2v) is 4.23. The Morgan fingerprint density at radius 3 is 2.36 bits per heavy atom. The van der Waals surface area contributed by atoms with E-state index in [1.807, 2.05) is 0 Å². The lowest BCUT2D eigenvalue weighted by Gasteiger charge is -2.11. The summed E-state index contributed by atoms with van der Waals surface area (Å²) in [5, 5.41) is 8.61. The predicted octanol–water partition coefficient (Wildman–Crippen LogP) is -0.554. The number of alkyl halides is 2. The van der Waals surface area contributed by atoms with Crippen molar-refractivity contribution in [2.45, 2.75) is 25.9 Å². The summed E-state index contributed by atoms with van der Waals surface area (Å²) in [5.74, 6) is 0. The van der Waals surface area contributed by atoms with Gasteiger partial charge in [-0.25, -0.2) is 13.5 Å². The molecule has 0 fully saturated rings. The quantitative estimate of drug-likeness (QED) is 0.551. The fourth-order valence-corrected chi connectivity index (χ4v) is 1.54. The lowest BCUT2D eigenvalue weighted by Crippen LogP contribution is -2.42. The van der Waals surface area contributed by atoms with Gasteiger partial charge in [-0.3, -0.25) is 0 Å². The summed E-state index contributed by atoms with van der Waals surface area (Å²) in [7, 11) is -3.77. The van der Waals surface area contributed by atoms with Crippen LogP contribution in [0.3, 0.4) is 0 Å². The van der Waals surface area contributed by atoms with Gasteiger partial charge in [-0.1, -0.05) is 6.92 Å². The highest BCUT2D eigenvalue weighted by Gasteiger charge is 2.19. The van der Waals surface area contributed by atoms with Crippen molar-refractivity contribution in [2.75, 3.05) is 13.1 Å². The van der Waals surface area contributed by atoms with Crippen LogP contribution in [0.25, 0.3) is 0 Å². The van der Waals surface area contributed by atoms with Crippen LogP contribution in [0.15, 0.2) is 0 Å². The molecule has 0 rings (SSSR count). The molecule has 1 unspecified atom stereocenters. The van der Waals surface area contributed by atoms with Gasteiger partial charge >= 0.3 is 0 Å². The van der Waals surface area contributed by atoms with Crippen molar-refractivity contribution >= 4 is 10.2 Å². The van der Waals surface area contributed by atoms with E-state index < -0.39 is 29.3 Å². The van der Waals surface area contributed by atoms with E-state index in [1.54, 1.807) is 11.6 Å². The van der Waals surface area contributed by atoms with Gasteiger partial charge in [-0.05, 0) is 6.42 Å². The van der Waals surface area contributed by atoms with Crippen molar-refractivity contribution in [1.82, 2.24) is 9.44 Å². The molecule has 0 aromatic carbocycles. The minimum atomic E-state index is -3.77. The van der Waals surface area contributed by atoms with E-state index in [2.05, 4.69) is 4.72 Å². The van der Waals surface area contributed by atoms with E-state index in [-0.39, 0.29) is 6.54 Å². The molecule has 5 nitrogen and oxygen atoms in total. The minimum absolute atomic E-state index is 0.222. The smallest absolute Gasteiger partial charge is 0.277 e. The first-order valence-electron chi connectivity index (χ1n) is 4.09. The second kappa shape index (κ2) is 6.23. The largest absolute Gasteiger partial charge is 0.386 e. The van der Waals surface area contributed by atoms with Crippen LogP contribution in [0.2, 0.25) is 0 Å². The Balaban J connectivity index is 3.87. The van der Waals surface area contributed by atoms with Crippen LogP contribution in [0, 0.1) is 0 Å². The van der Waals surface area contributed by atoms with Crippen LogP contribution in [-0.4, -0.2) is 39.1 Å². The van der Waals surface area contributed by atoms with Crippen LogP contribution in [-0.2, 0) is 10.2 Å². The summed E-state index contributed by atoms with van der Waals surface area (Å²) in [6, 6.07) is 0. The molecule has 1 atom stereocenters. The van der Waals surface area contributed by atoms with Gasteiger partial charge in [0, 0.05) is 13.1 Å². The molecular formula is C6H14F2N2O3S. The fourth-order valence-electron chi connectivity index (χ4n) is 0.572. The van der Waals surface area contributed by atoms with E-state index in [0.29, 0.717) is 6.42 Å². The Kier molecular flexibility index (Phi) is 6.09. The van der Waals surface area contributed by atoms with Gasteiger partial charge in [0.1, 0.15) is 6.10 Å². The number of nitrogens with one attached hydrogen (secondary N) is 2. The van der Waals surface area contributed by atoms with Gasteiger partial charge in [0.25, 0.3) is 16.6 Å². The van der Waals surface area contributed by atoms with Crippen LogP contribution in [0.5, 0.6) is 0 Å².